The first-order valence-corrected chi connectivity index (χ1v) is 8.01. The Bertz CT molecular complexity index is 997. The number of rotatable bonds is 4. The third kappa shape index (κ3) is 3.10. The molecule has 6 nitrogen and oxygen atoms in total. The zero-order valence-electron chi connectivity index (χ0n) is 15.0. The highest BCUT2D eigenvalue weighted by Gasteiger charge is 2.16. The lowest BCUT2D eigenvalue weighted by Gasteiger charge is -2.14. The Morgan fingerprint density at radius 3 is 2.69 bits per heavy atom. The van der Waals surface area contributed by atoms with Crippen molar-refractivity contribution >= 4 is 28.4 Å². The third-order valence-corrected chi connectivity index (χ3v) is 4.24. The van der Waals surface area contributed by atoms with Crippen LogP contribution < -0.4 is 5.32 Å². The number of pyridine rings is 1. The monoisotopic (exact) mass is 359 g/mol. The number of aryl methyl sites for hydroxylation is 1. The standard InChI is InChI=1S/C18H19F2N5O/c1-10-7-12(19)15(20)11(2)16(10)23-18-17-13(5-6-21-18)25(9-22-17)8-14(26)24(3)4/h5-7,9H,8H2,1-4H3,(H,21,23). The normalized spacial score (nSPS) is 11.0. The number of likely N-dealkylation sites (N-methyl/N-ethyl adjacent to an activating group) is 1. The van der Waals surface area contributed by atoms with Crippen LogP contribution in [0.25, 0.3) is 11.0 Å². The lowest BCUT2D eigenvalue weighted by molar-refractivity contribution is -0.129. The van der Waals surface area contributed by atoms with E-state index in [0.717, 1.165) is 11.6 Å². The number of hydrogen-bond donors (Lipinski definition) is 1. The first-order valence-electron chi connectivity index (χ1n) is 8.01. The van der Waals surface area contributed by atoms with Crippen molar-refractivity contribution in [1.29, 1.82) is 0 Å². The Labute approximate surface area is 149 Å². The number of amides is 1. The molecular formula is C18H19F2N5O. The minimum Gasteiger partial charge on any atom is -0.347 e. The molecule has 0 saturated heterocycles. The molecule has 26 heavy (non-hydrogen) atoms. The Kier molecular flexibility index (Phi) is 4.58. The van der Waals surface area contributed by atoms with Crippen molar-refractivity contribution < 1.29 is 13.6 Å². The molecule has 0 fully saturated rings. The number of aromatic nitrogens is 3. The van der Waals surface area contributed by atoms with E-state index >= 15 is 0 Å². The second-order valence-electron chi connectivity index (χ2n) is 6.30. The molecule has 0 aliphatic rings. The van der Waals surface area contributed by atoms with Gasteiger partial charge in [0.05, 0.1) is 11.8 Å². The van der Waals surface area contributed by atoms with Gasteiger partial charge < -0.3 is 14.8 Å². The van der Waals surface area contributed by atoms with Gasteiger partial charge in [-0.2, -0.15) is 0 Å². The second-order valence-corrected chi connectivity index (χ2v) is 6.30. The van der Waals surface area contributed by atoms with Crippen molar-refractivity contribution in [2.45, 2.75) is 20.4 Å². The molecule has 8 heteroatoms. The van der Waals surface area contributed by atoms with E-state index < -0.39 is 11.6 Å². The van der Waals surface area contributed by atoms with Crippen molar-refractivity contribution in [1.82, 2.24) is 19.4 Å². The van der Waals surface area contributed by atoms with E-state index in [1.54, 1.807) is 44.2 Å². The van der Waals surface area contributed by atoms with Gasteiger partial charge in [-0.05, 0) is 31.5 Å². The fourth-order valence-electron chi connectivity index (χ4n) is 2.72. The first-order chi connectivity index (χ1) is 12.3. The lowest BCUT2D eigenvalue weighted by Crippen LogP contribution is -2.25. The number of carbonyl (C=O) groups excluding carboxylic acids is 1. The first kappa shape index (κ1) is 17.8. The average Bonchev–Trinajstić information content (AvgIpc) is 3.00. The van der Waals surface area contributed by atoms with E-state index in [1.165, 1.54) is 11.8 Å². The molecule has 0 unspecified atom stereocenters. The van der Waals surface area contributed by atoms with Crippen LogP contribution in [0.3, 0.4) is 0 Å². The van der Waals surface area contributed by atoms with Crippen molar-refractivity contribution in [2.24, 2.45) is 0 Å². The van der Waals surface area contributed by atoms with Crippen molar-refractivity contribution in [2.75, 3.05) is 19.4 Å². The van der Waals surface area contributed by atoms with Gasteiger partial charge in [0, 0.05) is 31.5 Å². The molecule has 0 aliphatic carbocycles. The fourth-order valence-corrected chi connectivity index (χ4v) is 2.72. The minimum atomic E-state index is -0.896. The van der Waals surface area contributed by atoms with Crippen LogP contribution >= 0.6 is 0 Å². The predicted octanol–water partition coefficient (Wildman–Crippen LogP) is 3.16. The molecule has 0 radical (unpaired) electrons. The average molecular weight is 359 g/mol. The predicted molar refractivity (Wildman–Crippen MR) is 95.3 cm³/mol. The van der Waals surface area contributed by atoms with E-state index in [9.17, 15) is 13.6 Å². The van der Waals surface area contributed by atoms with E-state index in [4.69, 9.17) is 0 Å². The molecule has 0 aliphatic heterocycles. The molecule has 1 aromatic carbocycles. The van der Waals surface area contributed by atoms with E-state index in [1.807, 2.05) is 0 Å². The van der Waals surface area contributed by atoms with Crippen molar-refractivity contribution in [3.05, 3.63) is 47.4 Å². The number of fused-ring (bicyclic) bond motifs is 1. The summed E-state index contributed by atoms with van der Waals surface area (Å²) in [5.74, 6) is -1.44. The van der Waals surface area contributed by atoms with Gasteiger partial charge in [-0.25, -0.2) is 18.7 Å². The number of hydrogen-bond acceptors (Lipinski definition) is 4. The van der Waals surface area contributed by atoms with Gasteiger partial charge in [-0.3, -0.25) is 4.79 Å². The van der Waals surface area contributed by atoms with Crippen LogP contribution in [0.2, 0.25) is 0 Å². The maximum Gasteiger partial charge on any atom is 0.242 e. The summed E-state index contributed by atoms with van der Waals surface area (Å²) >= 11 is 0. The Morgan fingerprint density at radius 1 is 1.27 bits per heavy atom. The molecule has 2 heterocycles. The highest BCUT2D eigenvalue weighted by molar-refractivity contribution is 5.89. The molecule has 3 rings (SSSR count). The van der Waals surface area contributed by atoms with E-state index in [2.05, 4.69) is 15.3 Å². The lowest BCUT2D eigenvalue weighted by atomic mass is 10.1. The van der Waals surface area contributed by atoms with Gasteiger partial charge >= 0.3 is 0 Å². The van der Waals surface area contributed by atoms with E-state index in [0.29, 0.717) is 22.6 Å². The Balaban J connectivity index is 2.02. The maximum absolute atomic E-state index is 13.9. The van der Waals surface area contributed by atoms with Crippen LogP contribution in [0.15, 0.2) is 24.7 Å². The third-order valence-electron chi connectivity index (χ3n) is 4.24. The molecule has 0 atom stereocenters. The van der Waals surface area contributed by atoms with Gasteiger partial charge in [0.25, 0.3) is 0 Å². The van der Waals surface area contributed by atoms with Gasteiger partial charge in [0.1, 0.15) is 12.1 Å². The second kappa shape index (κ2) is 6.70. The highest BCUT2D eigenvalue weighted by atomic mass is 19.2. The number of nitrogens with zero attached hydrogens (tertiary/aromatic N) is 4. The summed E-state index contributed by atoms with van der Waals surface area (Å²) in [5.41, 5.74) is 2.44. The minimum absolute atomic E-state index is 0.0667. The molecule has 1 N–H and O–H groups in total. The van der Waals surface area contributed by atoms with Gasteiger partial charge in [-0.15, -0.1) is 0 Å². The van der Waals surface area contributed by atoms with Gasteiger partial charge in [0.15, 0.2) is 17.5 Å². The van der Waals surface area contributed by atoms with Crippen molar-refractivity contribution in [3.8, 4) is 0 Å². The number of carbonyl (C=O) groups is 1. The number of halogens is 2. The summed E-state index contributed by atoms with van der Waals surface area (Å²) in [6, 6.07) is 2.89. The summed E-state index contributed by atoms with van der Waals surface area (Å²) in [5, 5.41) is 3.05. The molecule has 0 saturated carbocycles. The van der Waals surface area contributed by atoms with Crippen LogP contribution in [0.5, 0.6) is 0 Å². The Hall–Kier alpha value is -3.03. The van der Waals surface area contributed by atoms with Crippen LogP contribution in [-0.2, 0) is 11.3 Å². The van der Waals surface area contributed by atoms with Gasteiger partial charge in [-0.1, -0.05) is 0 Å². The summed E-state index contributed by atoms with van der Waals surface area (Å²) in [6.07, 6.45) is 3.14. The number of nitrogens with one attached hydrogen (secondary N) is 1. The number of anilines is 2. The summed E-state index contributed by atoms with van der Waals surface area (Å²) < 4.78 is 29.2. The zero-order chi connectivity index (χ0) is 19.0. The quantitative estimate of drug-likeness (QED) is 0.777. The zero-order valence-corrected chi connectivity index (χ0v) is 15.0. The smallest absolute Gasteiger partial charge is 0.242 e. The summed E-state index contributed by atoms with van der Waals surface area (Å²) in [4.78, 5) is 22.0. The molecule has 0 bridgehead atoms. The van der Waals surface area contributed by atoms with Gasteiger partial charge in [0.2, 0.25) is 5.91 Å². The largest absolute Gasteiger partial charge is 0.347 e. The van der Waals surface area contributed by atoms with Crippen molar-refractivity contribution in [3.63, 3.8) is 0 Å². The van der Waals surface area contributed by atoms with Crippen LogP contribution in [0.1, 0.15) is 11.1 Å². The van der Waals surface area contributed by atoms with E-state index in [-0.39, 0.29) is 18.0 Å². The SMILES string of the molecule is Cc1cc(F)c(F)c(C)c1Nc1nccc2c1ncn2CC(=O)N(C)C. The maximum atomic E-state index is 13.9. The molecular weight excluding hydrogens is 340 g/mol. The Morgan fingerprint density at radius 2 is 2.00 bits per heavy atom. The number of benzene rings is 1. The van der Waals surface area contributed by atoms with Crippen LogP contribution in [0.4, 0.5) is 20.3 Å². The summed E-state index contributed by atoms with van der Waals surface area (Å²) in [6.45, 7) is 3.34. The molecule has 136 valence electrons. The number of imidazole rings is 1. The molecule has 3 aromatic rings. The topological polar surface area (TPSA) is 63.1 Å². The van der Waals surface area contributed by atoms with Crippen LogP contribution in [0, 0.1) is 25.5 Å². The van der Waals surface area contributed by atoms with Crippen LogP contribution in [-0.4, -0.2) is 39.4 Å². The molecule has 1 amide bonds. The summed E-state index contributed by atoms with van der Waals surface area (Å²) in [7, 11) is 3.37. The molecule has 2 aromatic heterocycles. The highest BCUT2D eigenvalue weighted by Crippen LogP contribution is 2.30. The molecule has 0 spiro atoms. The fraction of sp³-hybridized carbons (Fsp3) is 0.278.